The van der Waals surface area contributed by atoms with E-state index in [1.165, 1.54) is 18.2 Å². The number of nitrogens with zero attached hydrogens (tertiary/aromatic N) is 1. The second kappa shape index (κ2) is 5.57. The standard InChI is InChI=1S/C10H5Cl2NO5S2/c11-6-2-1-3-7(4-6)18-20(16,17)9-5-8(13(14)15)10(12)19-9/h1-5H. The quantitative estimate of drug-likeness (QED) is 0.474. The van der Waals surface area contributed by atoms with E-state index in [9.17, 15) is 18.5 Å². The molecule has 0 aliphatic heterocycles. The average molecular weight is 354 g/mol. The van der Waals surface area contributed by atoms with Gasteiger partial charge in [0.2, 0.25) is 0 Å². The van der Waals surface area contributed by atoms with E-state index in [0.29, 0.717) is 16.4 Å². The Labute approximate surface area is 127 Å². The average Bonchev–Trinajstić information content (AvgIpc) is 2.71. The van der Waals surface area contributed by atoms with Crippen LogP contribution in [0.4, 0.5) is 5.69 Å². The summed E-state index contributed by atoms with van der Waals surface area (Å²) in [4.78, 5) is 9.87. The molecule has 0 spiro atoms. The van der Waals surface area contributed by atoms with E-state index in [0.717, 1.165) is 6.07 Å². The molecule has 0 atom stereocenters. The molecule has 2 rings (SSSR count). The number of thiophene rings is 1. The third kappa shape index (κ3) is 3.21. The van der Waals surface area contributed by atoms with Crippen molar-refractivity contribution in [1.82, 2.24) is 0 Å². The van der Waals surface area contributed by atoms with Crippen LogP contribution < -0.4 is 4.18 Å². The molecule has 2 aromatic rings. The Balaban J connectivity index is 2.36. The largest absolute Gasteiger partial charge is 0.378 e. The predicted octanol–water partition coefficient (Wildman–Crippen LogP) is 3.73. The molecule has 0 radical (unpaired) electrons. The fourth-order valence-electron chi connectivity index (χ4n) is 1.27. The summed E-state index contributed by atoms with van der Waals surface area (Å²) in [5.74, 6) is 0.00433. The van der Waals surface area contributed by atoms with Gasteiger partial charge in [0.25, 0.3) is 5.69 Å². The van der Waals surface area contributed by atoms with E-state index in [1.54, 1.807) is 6.07 Å². The molecule has 0 aliphatic rings. The van der Waals surface area contributed by atoms with Crippen LogP contribution in [0.25, 0.3) is 0 Å². The smallest absolute Gasteiger partial charge is 0.349 e. The highest BCUT2D eigenvalue weighted by atomic mass is 35.5. The number of halogens is 2. The first-order valence-corrected chi connectivity index (χ1v) is 7.91. The number of hydrogen-bond donors (Lipinski definition) is 0. The first-order chi connectivity index (χ1) is 9.29. The van der Waals surface area contributed by atoms with Gasteiger partial charge in [-0.05, 0) is 12.1 Å². The molecule has 0 saturated carbocycles. The maximum absolute atomic E-state index is 12.0. The van der Waals surface area contributed by atoms with Crippen molar-refractivity contribution in [3.8, 4) is 5.75 Å². The van der Waals surface area contributed by atoms with Gasteiger partial charge in [0.15, 0.2) is 8.55 Å². The van der Waals surface area contributed by atoms with Gasteiger partial charge in [0, 0.05) is 11.1 Å². The van der Waals surface area contributed by atoms with E-state index >= 15 is 0 Å². The van der Waals surface area contributed by atoms with Crippen LogP contribution in [0, 0.1) is 10.1 Å². The molecule has 0 unspecified atom stereocenters. The molecule has 0 saturated heterocycles. The molecule has 6 nitrogen and oxygen atoms in total. The SMILES string of the molecule is O=[N+]([O-])c1cc(S(=O)(=O)Oc2cccc(Cl)c2)sc1Cl. The van der Waals surface area contributed by atoms with Crippen LogP contribution in [0.15, 0.2) is 34.5 Å². The third-order valence-corrected chi connectivity index (χ3v) is 5.34. The van der Waals surface area contributed by atoms with Crippen LogP contribution in [0.1, 0.15) is 0 Å². The fourth-order valence-corrected chi connectivity index (χ4v) is 4.00. The highest BCUT2D eigenvalue weighted by molar-refractivity contribution is 7.89. The molecule has 1 aromatic heterocycles. The third-order valence-electron chi connectivity index (χ3n) is 2.09. The Bertz CT molecular complexity index is 772. The molecule has 1 heterocycles. The van der Waals surface area contributed by atoms with Crippen LogP contribution in [0.3, 0.4) is 0 Å². The lowest BCUT2D eigenvalue weighted by molar-refractivity contribution is -0.384. The summed E-state index contributed by atoms with van der Waals surface area (Å²) in [6.45, 7) is 0. The Morgan fingerprint density at radius 3 is 2.50 bits per heavy atom. The van der Waals surface area contributed by atoms with E-state index < -0.39 is 20.7 Å². The zero-order valence-electron chi connectivity index (χ0n) is 9.45. The van der Waals surface area contributed by atoms with E-state index in [1.807, 2.05) is 0 Å². The number of hydrogen-bond acceptors (Lipinski definition) is 6. The summed E-state index contributed by atoms with van der Waals surface area (Å²) < 4.78 is 28.2. The Morgan fingerprint density at radius 2 is 1.95 bits per heavy atom. The van der Waals surface area contributed by atoms with E-state index in [4.69, 9.17) is 27.4 Å². The molecular formula is C10H5Cl2NO5S2. The summed E-state index contributed by atoms with van der Waals surface area (Å²) in [5.41, 5.74) is -0.482. The summed E-state index contributed by atoms with van der Waals surface area (Å²) in [6, 6.07) is 6.62. The topological polar surface area (TPSA) is 86.5 Å². The Hall–Kier alpha value is -1.35. The minimum atomic E-state index is -4.19. The molecule has 0 bridgehead atoms. The summed E-state index contributed by atoms with van der Waals surface area (Å²) >= 11 is 11.9. The summed E-state index contributed by atoms with van der Waals surface area (Å²) in [5, 5.41) is 10.9. The number of nitro groups is 1. The van der Waals surface area contributed by atoms with Crippen LogP contribution >= 0.6 is 34.5 Å². The molecule has 1 aromatic carbocycles. The van der Waals surface area contributed by atoms with E-state index in [-0.39, 0.29) is 14.3 Å². The van der Waals surface area contributed by atoms with Gasteiger partial charge in [-0.2, -0.15) is 8.42 Å². The number of rotatable bonds is 4. The predicted molar refractivity (Wildman–Crippen MR) is 75.2 cm³/mol. The second-order valence-corrected chi connectivity index (χ2v) is 7.34. The molecule has 0 amide bonds. The van der Waals surface area contributed by atoms with Crippen molar-refractivity contribution in [2.75, 3.05) is 0 Å². The first-order valence-electron chi connectivity index (χ1n) is 4.93. The van der Waals surface area contributed by atoms with Gasteiger partial charge in [0.1, 0.15) is 5.75 Å². The lowest BCUT2D eigenvalue weighted by Gasteiger charge is -2.04. The normalized spacial score (nSPS) is 11.3. The van der Waals surface area contributed by atoms with Gasteiger partial charge in [-0.1, -0.05) is 29.3 Å². The van der Waals surface area contributed by atoms with Gasteiger partial charge in [-0.25, -0.2) is 0 Å². The molecule has 20 heavy (non-hydrogen) atoms. The van der Waals surface area contributed by atoms with Crippen LogP contribution in [0.2, 0.25) is 9.36 Å². The number of benzene rings is 1. The molecule has 0 aliphatic carbocycles. The molecule has 106 valence electrons. The summed E-state index contributed by atoms with van der Waals surface area (Å²) in [6.07, 6.45) is 0. The van der Waals surface area contributed by atoms with Crippen molar-refractivity contribution >= 4 is 50.3 Å². The minimum absolute atomic E-state index is 0.00433. The van der Waals surface area contributed by atoms with Crippen molar-refractivity contribution in [2.45, 2.75) is 4.21 Å². The first kappa shape index (κ1) is 15.0. The highest BCUT2D eigenvalue weighted by Crippen LogP contribution is 2.37. The molecule has 0 N–H and O–H groups in total. The van der Waals surface area contributed by atoms with Crippen LogP contribution in [-0.4, -0.2) is 13.3 Å². The van der Waals surface area contributed by atoms with E-state index in [2.05, 4.69) is 0 Å². The van der Waals surface area contributed by atoms with Crippen molar-refractivity contribution in [1.29, 1.82) is 0 Å². The van der Waals surface area contributed by atoms with Crippen LogP contribution in [0.5, 0.6) is 5.75 Å². The minimum Gasteiger partial charge on any atom is -0.378 e. The lowest BCUT2D eigenvalue weighted by atomic mass is 10.3. The Kier molecular flexibility index (Phi) is 4.19. The van der Waals surface area contributed by atoms with Crippen molar-refractivity contribution in [2.24, 2.45) is 0 Å². The van der Waals surface area contributed by atoms with Crippen molar-refractivity contribution in [3.63, 3.8) is 0 Å². The Morgan fingerprint density at radius 1 is 1.25 bits per heavy atom. The second-order valence-electron chi connectivity index (χ2n) is 3.48. The van der Waals surface area contributed by atoms with Gasteiger partial charge in [-0.15, -0.1) is 11.3 Å². The molecule has 10 heteroatoms. The molecular weight excluding hydrogens is 349 g/mol. The monoisotopic (exact) mass is 353 g/mol. The zero-order chi connectivity index (χ0) is 14.9. The van der Waals surface area contributed by atoms with Crippen molar-refractivity contribution in [3.05, 3.63) is 49.8 Å². The fraction of sp³-hybridized carbons (Fsp3) is 0. The van der Waals surface area contributed by atoms with Gasteiger partial charge < -0.3 is 4.18 Å². The maximum Gasteiger partial charge on any atom is 0.349 e. The highest BCUT2D eigenvalue weighted by Gasteiger charge is 2.26. The lowest BCUT2D eigenvalue weighted by Crippen LogP contribution is -2.07. The van der Waals surface area contributed by atoms with Crippen LogP contribution in [-0.2, 0) is 10.1 Å². The van der Waals surface area contributed by atoms with Crippen molar-refractivity contribution < 1.29 is 17.5 Å². The van der Waals surface area contributed by atoms with Gasteiger partial charge >= 0.3 is 10.1 Å². The summed E-state index contributed by atoms with van der Waals surface area (Å²) in [7, 11) is -4.19. The maximum atomic E-state index is 12.0. The molecule has 0 fully saturated rings. The zero-order valence-corrected chi connectivity index (χ0v) is 12.6. The van der Waals surface area contributed by atoms with Gasteiger partial charge in [-0.3, -0.25) is 10.1 Å². The van der Waals surface area contributed by atoms with Gasteiger partial charge in [0.05, 0.1) is 11.0 Å².